The summed E-state index contributed by atoms with van der Waals surface area (Å²) < 4.78 is 10.9. The van der Waals surface area contributed by atoms with Crippen LogP contribution in [0.5, 0.6) is 5.75 Å². The molecule has 0 amide bonds. The van der Waals surface area contributed by atoms with Gasteiger partial charge in [-0.15, -0.1) is 5.10 Å². The largest absolute Gasteiger partial charge is 0.493 e. The van der Waals surface area contributed by atoms with Crippen LogP contribution in [-0.4, -0.2) is 16.8 Å². The number of nitrogens with zero attached hydrogens (tertiary/aromatic N) is 1. The van der Waals surface area contributed by atoms with E-state index < -0.39 is 0 Å². The van der Waals surface area contributed by atoms with Gasteiger partial charge in [0, 0.05) is 5.56 Å². The minimum absolute atomic E-state index is 0.137. The van der Waals surface area contributed by atoms with Gasteiger partial charge in [0.25, 0.3) is 4.84 Å². The number of nitrogens with one attached hydrogen (secondary N) is 1. The molecule has 0 saturated carbocycles. The average Bonchev–Trinajstić information content (AvgIpc) is 2.75. The molecule has 1 atom stereocenters. The van der Waals surface area contributed by atoms with E-state index in [0.717, 1.165) is 17.7 Å². The van der Waals surface area contributed by atoms with Crippen molar-refractivity contribution in [1.82, 2.24) is 10.2 Å². The van der Waals surface area contributed by atoms with Gasteiger partial charge in [-0.1, -0.05) is 18.2 Å². The van der Waals surface area contributed by atoms with Crippen LogP contribution < -0.4 is 4.74 Å². The lowest BCUT2D eigenvalue weighted by atomic mass is 9.93. The highest BCUT2D eigenvalue weighted by Crippen LogP contribution is 2.36. The molecular formula is C11H10N2O2S. The van der Waals surface area contributed by atoms with E-state index in [2.05, 4.69) is 10.2 Å². The number of H-pyrrole nitrogens is 1. The van der Waals surface area contributed by atoms with Crippen molar-refractivity contribution in [3.05, 3.63) is 40.6 Å². The van der Waals surface area contributed by atoms with Crippen molar-refractivity contribution in [3.8, 4) is 5.75 Å². The molecule has 4 nitrogen and oxygen atoms in total. The zero-order chi connectivity index (χ0) is 11.0. The number of rotatable bonds is 1. The smallest absolute Gasteiger partial charge is 0.284 e. The highest BCUT2D eigenvalue weighted by molar-refractivity contribution is 7.71. The van der Waals surface area contributed by atoms with Gasteiger partial charge < -0.3 is 9.15 Å². The summed E-state index contributed by atoms with van der Waals surface area (Å²) in [5.74, 6) is 1.68. The third kappa shape index (κ3) is 1.53. The van der Waals surface area contributed by atoms with Crippen LogP contribution >= 0.6 is 12.2 Å². The molecule has 1 unspecified atom stereocenters. The van der Waals surface area contributed by atoms with Gasteiger partial charge in [0.05, 0.1) is 12.5 Å². The fourth-order valence-corrected chi connectivity index (χ4v) is 2.12. The van der Waals surface area contributed by atoms with Gasteiger partial charge in [0.2, 0.25) is 5.89 Å². The van der Waals surface area contributed by atoms with Crippen LogP contribution in [-0.2, 0) is 0 Å². The van der Waals surface area contributed by atoms with Crippen LogP contribution in [0.3, 0.4) is 0 Å². The van der Waals surface area contributed by atoms with Crippen LogP contribution in [0.15, 0.2) is 28.7 Å². The first-order valence-corrected chi connectivity index (χ1v) is 5.52. The summed E-state index contributed by atoms with van der Waals surface area (Å²) in [6, 6.07) is 7.94. The summed E-state index contributed by atoms with van der Waals surface area (Å²) in [5.41, 5.74) is 1.11. The average molecular weight is 234 g/mol. The van der Waals surface area contributed by atoms with E-state index in [1.165, 1.54) is 0 Å². The monoisotopic (exact) mass is 234 g/mol. The second-order valence-electron chi connectivity index (χ2n) is 3.68. The van der Waals surface area contributed by atoms with Crippen molar-refractivity contribution in [2.75, 3.05) is 6.61 Å². The minimum atomic E-state index is 0.137. The SMILES string of the molecule is S=c1[nH]nc(C2CCOc3ccccc32)o1. The second-order valence-corrected chi connectivity index (χ2v) is 4.05. The predicted molar refractivity (Wildman–Crippen MR) is 60.1 cm³/mol. The molecule has 2 aromatic rings. The summed E-state index contributed by atoms with van der Waals surface area (Å²) in [5, 5.41) is 6.74. The van der Waals surface area contributed by atoms with Crippen molar-refractivity contribution in [2.45, 2.75) is 12.3 Å². The molecule has 2 heterocycles. The minimum Gasteiger partial charge on any atom is -0.493 e. The summed E-state index contributed by atoms with van der Waals surface area (Å²) in [7, 11) is 0. The Labute approximate surface area is 97.3 Å². The summed E-state index contributed by atoms with van der Waals surface area (Å²) in [6.07, 6.45) is 0.861. The van der Waals surface area contributed by atoms with Crippen molar-refractivity contribution in [3.63, 3.8) is 0 Å². The molecule has 0 saturated heterocycles. The lowest BCUT2D eigenvalue weighted by Crippen LogP contribution is -2.15. The van der Waals surface area contributed by atoms with Gasteiger partial charge in [-0.25, -0.2) is 5.10 Å². The van der Waals surface area contributed by atoms with Gasteiger partial charge in [-0.05, 0) is 24.7 Å². The van der Waals surface area contributed by atoms with E-state index in [0.29, 0.717) is 17.3 Å². The highest BCUT2D eigenvalue weighted by atomic mass is 32.1. The molecule has 0 spiro atoms. The molecule has 1 aliphatic rings. The lowest BCUT2D eigenvalue weighted by Gasteiger charge is -2.23. The van der Waals surface area contributed by atoms with Gasteiger partial charge in [0.1, 0.15) is 5.75 Å². The molecule has 0 bridgehead atoms. The number of aromatic amines is 1. The molecule has 0 aliphatic carbocycles. The Balaban J connectivity index is 2.08. The van der Waals surface area contributed by atoms with Gasteiger partial charge in [-0.2, -0.15) is 0 Å². The number of benzene rings is 1. The molecule has 0 radical (unpaired) electrons. The standard InChI is InChI=1S/C11H10N2O2S/c16-11-13-12-10(15-11)8-5-6-14-9-4-2-1-3-7(8)9/h1-4,8H,5-6H2,(H,13,16). The van der Waals surface area contributed by atoms with Crippen molar-refractivity contribution < 1.29 is 9.15 Å². The molecule has 1 aliphatic heterocycles. The van der Waals surface area contributed by atoms with Gasteiger partial charge >= 0.3 is 0 Å². The molecule has 1 aromatic carbocycles. The summed E-state index contributed by atoms with van der Waals surface area (Å²) in [4.78, 5) is 0.318. The Bertz CT molecular complexity index is 561. The normalized spacial score (nSPS) is 18.9. The fraction of sp³-hybridized carbons (Fsp3) is 0.273. The number of para-hydroxylation sites is 1. The molecule has 16 heavy (non-hydrogen) atoms. The molecule has 82 valence electrons. The number of aromatic nitrogens is 2. The Hall–Kier alpha value is -1.62. The summed E-state index contributed by atoms with van der Waals surface area (Å²) >= 11 is 4.88. The molecule has 1 N–H and O–H groups in total. The topological polar surface area (TPSA) is 51.0 Å². The van der Waals surface area contributed by atoms with E-state index in [1.807, 2.05) is 24.3 Å². The first-order chi connectivity index (χ1) is 7.84. The van der Waals surface area contributed by atoms with Gasteiger partial charge in [-0.3, -0.25) is 0 Å². The Morgan fingerprint density at radius 1 is 1.38 bits per heavy atom. The van der Waals surface area contributed by atoms with E-state index in [-0.39, 0.29) is 5.92 Å². The first-order valence-electron chi connectivity index (χ1n) is 5.12. The summed E-state index contributed by atoms with van der Waals surface area (Å²) in [6.45, 7) is 0.677. The Morgan fingerprint density at radius 3 is 3.06 bits per heavy atom. The number of ether oxygens (including phenoxy) is 1. The third-order valence-electron chi connectivity index (χ3n) is 2.71. The molecule has 5 heteroatoms. The maximum absolute atomic E-state index is 5.58. The van der Waals surface area contributed by atoms with Crippen LogP contribution in [0.25, 0.3) is 0 Å². The molecule has 0 fully saturated rings. The third-order valence-corrected chi connectivity index (χ3v) is 2.89. The van der Waals surface area contributed by atoms with Crippen molar-refractivity contribution >= 4 is 12.2 Å². The van der Waals surface area contributed by atoms with Crippen LogP contribution in [0.1, 0.15) is 23.8 Å². The number of fused-ring (bicyclic) bond motifs is 1. The maximum atomic E-state index is 5.58. The number of hydrogen-bond acceptors (Lipinski definition) is 4. The molecule has 1 aromatic heterocycles. The van der Waals surface area contributed by atoms with Gasteiger partial charge in [0.15, 0.2) is 0 Å². The Morgan fingerprint density at radius 2 is 2.25 bits per heavy atom. The Kier molecular flexibility index (Phi) is 2.25. The molecular weight excluding hydrogens is 224 g/mol. The maximum Gasteiger partial charge on any atom is 0.284 e. The fourth-order valence-electron chi connectivity index (χ4n) is 1.99. The zero-order valence-corrected chi connectivity index (χ0v) is 9.29. The highest BCUT2D eigenvalue weighted by Gasteiger charge is 2.26. The van der Waals surface area contributed by atoms with E-state index in [9.17, 15) is 0 Å². The van der Waals surface area contributed by atoms with E-state index in [4.69, 9.17) is 21.4 Å². The lowest BCUT2D eigenvalue weighted by molar-refractivity contribution is 0.264. The van der Waals surface area contributed by atoms with Crippen LogP contribution in [0.4, 0.5) is 0 Å². The molecule has 3 rings (SSSR count). The quantitative estimate of drug-likeness (QED) is 0.771. The van der Waals surface area contributed by atoms with Crippen LogP contribution in [0, 0.1) is 4.84 Å². The van der Waals surface area contributed by atoms with Crippen molar-refractivity contribution in [2.24, 2.45) is 0 Å². The van der Waals surface area contributed by atoms with Crippen molar-refractivity contribution in [1.29, 1.82) is 0 Å². The van der Waals surface area contributed by atoms with E-state index >= 15 is 0 Å². The second kappa shape index (κ2) is 3.75. The zero-order valence-electron chi connectivity index (χ0n) is 8.47. The predicted octanol–water partition coefficient (Wildman–Crippen LogP) is 2.65. The van der Waals surface area contributed by atoms with E-state index in [1.54, 1.807) is 0 Å². The first kappa shape index (κ1) is 9.59. The number of hydrogen-bond donors (Lipinski definition) is 1. The van der Waals surface area contributed by atoms with Crippen LogP contribution in [0.2, 0.25) is 0 Å².